The van der Waals surface area contributed by atoms with Gasteiger partial charge in [-0.15, -0.1) is 0 Å². The Bertz CT molecular complexity index is 391. The number of hydrogen-bond donors (Lipinski definition) is 0. The molecule has 0 saturated heterocycles. The molecule has 17 heavy (non-hydrogen) atoms. The van der Waals surface area contributed by atoms with Crippen LogP contribution in [0.15, 0.2) is 18.3 Å². The second kappa shape index (κ2) is 5.86. The molecule has 0 spiro atoms. The maximum atomic E-state index is 10.7. The standard InChI is InChI=1S/C11H16N2O3S/c1-11(2,3)17-8-7-16-9-5-4-6-12-10(9)13(14)15/h4-6H,7-8H2,1-3H3. The molecule has 0 aliphatic carbocycles. The number of pyridine rings is 1. The van der Waals surface area contributed by atoms with E-state index in [0.29, 0.717) is 6.61 Å². The second-order valence-corrected chi connectivity index (χ2v) is 6.31. The fourth-order valence-corrected chi connectivity index (χ4v) is 1.91. The second-order valence-electron chi connectivity index (χ2n) is 4.39. The Balaban J connectivity index is 2.49. The maximum absolute atomic E-state index is 10.7. The summed E-state index contributed by atoms with van der Waals surface area (Å²) >= 11 is 1.75. The van der Waals surface area contributed by atoms with E-state index in [0.717, 1.165) is 5.75 Å². The van der Waals surface area contributed by atoms with Crippen LogP contribution in [0.25, 0.3) is 0 Å². The van der Waals surface area contributed by atoms with Gasteiger partial charge in [-0.2, -0.15) is 11.8 Å². The van der Waals surface area contributed by atoms with E-state index in [1.54, 1.807) is 23.9 Å². The minimum Gasteiger partial charge on any atom is -0.485 e. The van der Waals surface area contributed by atoms with Crippen molar-refractivity contribution in [1.82, 2.24) is 4.98 Å². The first-order valence-corrected chi connectivity index (χ1v) is 6.25. The summed E-state index contributed by atoms with van der Waals surface area (Å²) < 4.78 is 5.54. The van der Waals surface area contributed by atoms with Crippen molar-refractivity contribution in [1.29, 1.82) is 0 Å². The molecular formula is C11H16N2O3S. The van der Waals surface area contributed by atoms with Crippen LogP contribution in [0.3, 0.4) is 0 Å². The molecule has 0 saturated carbocycles. The van der Waals surface area contributed by atoms with E-state index in [-0.39, 0.29) is 16.3 Å². The maximum Gasteiger partial charge on any atom is 0.406 e. The van der Waals surface area contributed by atoms with Gasteiger partial charge in [0.1, 0.15) is 6.20 Å². The van der Waals surface area contributed by atoms with Crippen LogP contribution in [0.1, 0.15) is 20.8 Å². The van der Waals surface area contributed by atoms with Crippen molar-refractivity contribution in [2.75, 3.05) is 12.4 Å². The zero-order chi connectivity index (χ0) is 12.9. The van der Waals surface area contributed by atoms with Crippen molar-refractivity contribution in [3.8, 4) is 5.75 Å². The number of hydrogen-bond acceptors (Lipinski definition) is 5. The fraction of sp³-hybridized carbons (Fsp3) is 0.545. The van der Waals surface area contributed by atoms with Gasteiger partial charge < -0.3 is 14.9 Å². The molecule has 0 bridgehead atoms. The number of aromatic nitrogens is 1. The highest BCUT2D eigenvalue weighted by Crippen LogP contribution is 2.25. The van der Waals surface area contributed by atoms with Crippen molar-refractivity contribution in [3.63, 3.8) is 0 Å². The van der Waals surface area contributed by atoms with Crippen molar-refractivity contribution in [2.45, 2.75) is 25.5 Å². The lowest BCUT2D eigenvalue weighted by Crippen LogP contribution is -2.12. The van der Waals surface area contributed by atoms with Crippen LogP contribution >= 0.6 is 11.8 Å². The van der Waals surface area contributed by atoms with Gasteiger partial charge in [0.05, 0.1) is 6.61 Å². The quantitative estimate of drug-likeness (QED) is 0.460. The highest BCUT2D eigenvalue weighted by molar-refractivity contribution is 8.00. The Kier molecular flexibility index (Phi) is 4.74. The van der Waals surface area contributed by atoms with Crippen molar-refractivity contribution >= 4 is 17.6 Å². The van der Waals surface area contributed by atoms with E-state index in [9.17, 15) is 10.1 Å². The lowest BCUT2D eigenvalue weighted by atomic mass is 10.3. The zero-order valence-electron chi connectivity index (χ0n) is 10.2. The van der Waals surface area contributed by atoms with Crippen LogP contribution in [0.2, 0.25) is 0 Å². The largest absolute Gasteiger partial charge is 0.485 e. The molecule has 0 aliphatic heterocycles. The van der Waals surface area contributed by atoms with Crippen LogP contribution in [-0.4, -0.2) is 27.0 Å². The van der Waals surface area contributed by atoms with Gasteiger partial charge in [0.25, 0.3) is 0 Å². The minimum atomic E-state index is -0.535. The third kappa shape index (κ3) is 5.04. The van der Waals surface area contributed by atoms with Crippen molar-refractivity contribution in [2.24, 2.45) is 0 Å². The predicted molar refractivity (Wildman–Crippen MR) is 68.6 cm³/mol. The molecule has 1 aromatic heterocycles. The molecule has 6 heteroatoms. The van der Waals surface area contributed by atoms with E-state index in [1.165, 1.54) is 6.20 Å². The summed E-state index contributed by atoms with van der Waals surface area (Å²) in [7, 11) is 0. The number of rotatable bonds is 5. The molecule has 0 unspecified atom stereocenters. The predicted octanol–water partition coefficient (Wildman–Crippen LogP) is 2.90. The smallest absolute Gasteiger partial charge is 0.406 e. The van der Waals surface area contributed by atoms with E-state index in [4.69, 9.17) is 4.74 Å². The summed E-state index contributed by atoms with van der Waals surface area (Å²) in [5.41, 5.74) is 0. The van der Waals surface area contributed by atoms with Crippen molar-refractivity contribution < 1.29 is 9.66 Å². The van der Waals surface area contributed by atoms with Gasteiger partial charge in [0.15, 0.2) is 0 Å². The molecule has 0 aliphatic rings. The molecular weight excluding hydrogens is 240 g/mol. The van der Waals surface area contributed by atoms with Crippen LogP contribution < -0.4 is 4.74 Å². The topological polar surface area (TPSA) is 65.3 Å². The molecule has 5 nitrogen and oxygen atoms in total. The minimum absolute atomic E-state index is 0.171. The average molecular weight is 256 g/mol. The summed E-state index contributed by atoms with van der Waals surface area (Å²) in [6.07, 6.45) is 1.38. The Morgan fingerprint density at radius 1 is 1.53 bits per heavy atom. The third-order valence-corrected chi connectivity index (χ3v) is 3.04. The lowest BCUT2D eigenvalue weighted by molar-refractivity contribution is -0.390. The average Bonchev–Trinajstić information content (AvgIpc) is 2.23. The van der Waals surface area contributed by atoms with Gasteiger partial charge in [-0.1, -0.05) is 20.8 Å². The van der Waals surface area contributed by atoms with Crippen LogP contribution in [0.5, 0.6) is 5.75 Å². The SMILES string of the molecule is CC(C)(C)SCCOc1cccnc1[N+](=O)[O-]. The highest BCUT2D eigenvalue weighted by atomic mass is 32.2. The van der Waals surface area contributed by atoms with E-state index in [1.807, 2.05) is 0 Å². The molecule has 94 valence electrons. The van der Waals surface area contributed by atoms with Gasteiger partial charge in [-0.25, -0.2) is 0 Å². The van der Waals surface area contributed by atoms with Crippen LogP contribution in [-0.2, 0) is 0 Å². The Morgan fingerprint density at radius 3 is 2.82 bits per heavy atom. The number of thioether (sulfide) groups is 1. The zero-order valence-corrected chi connectivity index (χ0v) is 11.0. The van der Waals surface area contributed by atoms with E-state index >= 15 is 0 Å². The normalized spacial score (nSPS) is 11.2. The monoisotopic (exact) mass is 256 g/mol. The lowest BCUT2D eigenvalue weighted by Gasteiger charge is -2.17. The summed E-state index contributed by atoms with van der Waals surface area (Å²) in [4.78, 5) is 13.8. The Hall–Kier alpha value is -1.30. The highest BCUT2D eigenvalue weighted by Gasteiger charge is 2.16. The molecule has 1 rings (SSSR count). The van der Waals surface area contributed by atoms with Crippen LogP contribution in [0.4, 0.5) is 5.82 Å². The van der Waals surface area contributed by atoms with Gasteiger partial charge in [-0.3, -0.25) is 0 Å². The molecule has 0 fully saturated rings. The van der Waals surface area contributed by atoms with Gasteiger partial charge in [0.2, 0.25) is 5.75 Å². The summed E-state index contributed by atoms with van der Waals surface area (Å²) in [5, 5.41) is 10.7. The van der Waals surface area contributed by atoms with E-state index in [2.05, 4.69) is 25.8 Å². The summed E-state index contributed by atoms with van der Waals surface area (Å²) in [6.45, 7) is 6.78. The van der Waals surface area contributed by atoms with Gasteiger partial charge >= 0.3 is 5.82 Å². The van der Waals surface area contributed by atoms with Gasteiger partial charge in [0, 0.05) is 10.5 Å². The Morgan fingerprint density at radius 2 is 2.24 bits per heavy atom. The summed E-state index contributed by atoms with van der Waals surface area (Å²) in [5.74, 6) is 0.787. The third-order valence-electron chi connectivity index (χ3n) is 1.80. The fourth-order valence-electron chi connectivity index (χ4n) is 1.13. The molecule has 1 heterocycles. The molecule has 0 N–H and O–H groups in total. The molecule has 0 radical (unpaired) electrons. The molecule has 1 aromatic rings. The number of nitrogens with zero attached hydrogens (tertiary/aromatic N) is 2. The van der Waals surface area contributed by atoms with Gasteiger partial charge in [-0.05, 0) is 22.0 Å². The summed E-state index contributed by atoms with van der Waals surface area (Å²) in [6, 6.07) is 3.19. The number of ether oxygens (including phenoxy) is 1. The Labute approximate surface area is 105 Å². The van der Waals surface area contributed by atoms with E-state index < -0.39 is 4.92 Å². The molecule has 0 atom stereocenters. The number of nitro groups is 1. The first-order chi connectivity index (χ1) is 7.90. The first-order valence-electron chi connectivity index (χ1n) is 5.26. The first kappa shape index (κ1) is 13.8. The molecule has 0 aromatic carbocycles. The molecule has 0 amide bonds. The van der Waals surface area contributed by atoms with Crippen LogP contribution in [0, 0.1) is 10.1 Å². The van der Waals surface area contributed by atoms with Crippen molar-refractivity contribution in [3.05, 3.63) is 28.4 Å².